The molecule has 0 amide bonds. The number of carboxylic acid groups (broad SMARTS) is 1. The standard InChI is InChI=1S/C8H13NO3/c9-8(7(11)12)4-2-1-3-6(10)5-8/h1,3,6,10H,2,4-5,9H2,(H,11,12)/t6-,8+/m1/s1. The van der Waals surface area contributed by atoms with Gasteiger partial charge in [0.15, 0.2) is 0 Å². The Balaban J connectivity index is 2.73. The molecule has 0 saturated heterocycles. The Morgan fingerprint density at radius 1 is 1.67 bits per heavy atom. The zero-order valence-electron chi connectivity index (χ0n) is 6.73. The minimum absolute atomic E-state index is 0.0961. The van der Waals surface area contributed by atoms with Gasteiger partial charge in [-0.15, -0.1) is 0 Å². The van der Waals surface area contributed by atoms with Crippen molar-refractivity contribution in [1.82, 2.24) is 0 Å². The first-order chi connectivity index (χ1) is 5.54. The summed E-state index contributed by atoms with van der Waals surface area (Å²) in [6, 6.07) is 0. The number of hydrogen-bond donors (Lipinski definition) is 3. The van der Waals surface area contributed by atoms with E-state index in [1.807, 2.05) is 0 Å². The maximum atomic E-state index is 10.7. The largest absolute Gasteiger partial charge is 0.480 e. The van der Waals surface area contributed by atoms with Crippen molar-refractivity contribution in [3.8, 4) is 0 Å². The number of rotatable bonds is 1. The van der Waals surface area contributed by atoms with Gasteiger partial charge in [0.25, 0.3) is 0 Å². The summed E-state index contributed by atoms with van der Waals surface area (Å²) in [5.74, 6) is -1.04. The predicted molar refractivity (Wildman–Crippen MR) is 43.6 cm³/mol. The molecule has 0 unspecified atom stereocenters. The molecule has 4 nitrogen and oxygen atoms in total. The first-order valence-corrected chi connectivity index (χ1v) is 3.91. The highest BCUT2D eigenvalue weighted by molar-refractivity contribution is 5.78. The van der Waals surface area contributed by atoms with E-state index in [4.69, 9.17) is 10.8 Å². The zero-order chi connectivity index (χ0) is 9.19. The Morgan fingerprint density at radius 2 is 2.33 bits per heavy atom. The first-order valence-electron chi connectivity index (χ1n) is 3.91. The molecule has 68 valence electrons. The van der Waals surface area contributed by atoms with E-state index in [1.54, 1.807) is 12.2 Å². The van der Waals surface area contributed by atoms with Crippen molar-refractivity contribution in [1.29, 1.82) is 0 Å². The van der Waals surface area contributed by atoms with Gasteiger partial charge in [-0.3, -0.25) is 4.79 Å². The quantitative estimate of drug-likeness (QED) is 0.480. The van der Waals surface area contributed by atoms with E-state index < -0.39 is 17.6 Å². The molecule has 0 aromatic rings. The summed E-state index contributed by atoms with van der Waals surface area (Å²) in [6.07, 6.45) is 3.72. The van der Waals surface area contributed by atoms with Crippen LogP contribution in [0.15, 0.2) is 12.2 Å². The number of nitrogens with two attached hydrogens (primary N) is 1. The van der Waals surface area contributed by atoms with Gasteiger partial charge in [-0.1, -0.05) is 12.2 Å². The fourth-order valence-electron chi connectivity index (χ4n) is 1.33. The third kappa shape index (κ3) is 1.84. The lowest BCUT2D eigenvalue weighted by atomic mass is 9.90. The molecule has 4 N–H and O–H groups in total. The molecule has 0 radical (unpaired) electrons. The summed E-state index contributed by atoms with van der Waals surface area (Å²) in [6.45, 7) is 0. The van der Waals surface area contributed by atoms with Crippen molar-refractivity contribution in [3.63, 3.8) is 0 Å². The summed E-state index contributed by atoms with van der Waals surface area (Å²) in [4.78, 5) is 10.7. The van der Waals surface area contributed by atoms with Crippen LogP contribution in [0.3, 0.4) is 0 Å². The summed E-state index contributed by atoms with van der Waals surface area (Å²) >= 11 is 0. The van der Waals surface area contributed by atoms with Gasteiger partial charge < -0.3 is 15.9 Å². The zero-order valence-corrected chi connectivity index (χ0v) is 6.73. The number of hydrogen-bond acceptors (Lipinski definition) is 3. The van der Waals surface area contributed by atoms with Crippen LogP contribution in [0.25, 0.3) is 0 Å². The average molecular weight is 171 g/mol. The van der Waals surface area contributed by atoms with Gasteiger partial charge in [0, 0.05) is 6.42 Å². The number of aliphatic hydroxyl groups is 1. The Hall–Kier alpha value is -0.870. The second-order valence-electron chi connectivity index (χ2n) is 3.20. The number of aliphatic hydroxyl groups excluding tert-OH is 1. The van der Waals surface area contributed by atoms with Gasteiger partial charge in [-0.25, -0.2) is 0 Å². The van der Waals surface area contributed by atoms with Crippen LogP contribution in [0, 0.1) is 0 Å². The van der Waals surface area contributed by atoms with Gasteiger partial charge in [-0.2, -0.15) is 0 Å². The molecule has 0 fully saturated rings. The SMILES string of the molecule is N[C@@]1(C(=O)O)CCC=C[C@@H](O)C1. The van der Waals surface area contributed by atoms with E-state index >= 15 is 0 Å². The third-order valence-corrected chi connectivity index (χ3v) is 2.11. The van der Waals surface area contributed by atoms with Crippen LogP contribution < -0.4 is 5.73 Å². The fraction of sp³-hybridized carbons (Fsp3) is 0.625. The summed E-state index contributed by atoms with van der Waals surface area (Å²) in [5.41, 5.74) is 4.33. The minimum atomic E-state index is -1.26. The molecular formula is C8H13NO3. The second-order valence-corrected chi connectivity index (χ2v) is 3.20. The third-order valence-electron chi connectivity index (χ3n) is 2.11. The van der Waals surface area contributed by atoms with E-state index in [2.05, 4.69) is 0 Å². The van der Waals surface area contributed by atoms with Crippen molar-refractivity contribution >= 4 is 5.97 Å². The molecule has 0 aliphatic heterocycles. The molecule has 0 spiro atoms. The van der Waals surface area contributed by atoms with Crippen molar-refractivity contribution in [2.75, 3.05) is 0 Å². The Bertz CT molecular complexity index is 214. The average Bonchev–Trinajstić information content (AvgIpc) is 2.12. The topological polar surface area (TPSA) is 83.6 Å². The molecule has 0 bridgehead atoms. The van der Waals surface area contributed by atoms with Crippen molar-refractivity contribution < 1.29 is 15.0 Å². The first kappa shape index (κ1) is 9.22. The van der Waals surface area contributed by atoms with Crippen LogP contribution in [-0.2, 0) is 4.79 Å². The summed E-state index contributed by atoms with van der Waals surface area (Å²) < 4.78 is 0. The van der Waals surface area contributed by atoms with E-state index in [1.165, 1.54) is 0 Å². The number of allylic oxidation sites excluding steroid dienone is 1. The van der Waals surface area contributed by atoms with Crippen LogP contribution >= 0.6 is 0 Å². The monoisotopic (exact) mass is 171 g/mol. The molecule has 0 aromatic heterocycles. The van der Waals surface area contributed by atoms with Gasteiger partial charge in [0.05, 0.1) is 6.10 Å². The molecule has 0 saturated carbocycles. The van der Waals surface area contributed by atoms with Gasteiger partial charge in [0.2, 0.25) is 0 Å². The van der Waals surface area contributed by atoms with Crippen molar-refractivity contribution in [2.45, 2.75) is 30.9 Å². The number of carboxylic acids is 1. The summed E-state index contributed by atoms with van der Waals surface area (Å²) in [7, 11) is 0. The Labute approximate surface area is 70.7 Å². The van der Waals surface area contributed by atoms with Crippen LogP contribution in [0.2, 0.25) is 0 Å². The highest BCUT2D eigenvalue weighted by Gasteiger charge is 2.35. The molecule has 0 heterocycles. The van der Waals surface area contributed by atoms with Gasteiger partial charge >= 0.3 is 5.97 Å². The summed E-state index contributed by atoms with van der Waals surface area (Å²) in [5, 5.41) is 18.0. The lowest BCUT2D eigenvalue weighted by molar-refractivity contribution is -0.144. The van der Waals surface area contributed by atoms with Gasteiger partial charge in [-0.05, 0) is 12.8 Å². The Kier molecular flexibility index (Phi) is 2.49. The molecule has 2 atom stereocenters. The van der Waals surface area contributed by atoms with Crippen LogP contribution in [-0.4, -0.2) is 27.8 Å². The van der Waals surface area contributed by atoms with Crippen LogP contribution in [0.1, 0.15) is 19.3 Å². The molecule has 1 aliphatic rings. The highest BCUT2D eigenvalue weighted by atomic mass is 16.4. The van der Waals surface area contributed by atoms with Crippen molar-refractivity contribution in [2.24, 2.45) is 5.73 Å². The molecule has 4 heteroatoms. The van der Waals surface area contributed by atoms with E-state index in [0.29, 0.717) is 12.8 Å². The molecule has 1 rings (SSSR count). The van der Waals surface area contributed by atoms with E-state index in [-0.39, 0.29) is 6.42 Å². The van der Waals surface area contributed by atoms with E-state index in [9.17, 15) is 9.90 Å². The number of aliphatic carboxylic acids is 1. The smallest absolute Gasteiger partial charge is 0.323 e. The van der Waals surface area contributed by atoms with Gasteiger partial charge in [0.1, 0.15) is 5.54 Å². The number of carbonyl (C=O) groups is 1. The molecular weight excluding hydrogens is 158 g/mol. The van der Waals surface area contributed by atoms with Crippen LogP contribution in [0.5, 0.6) is 0 Å². The van der Waals surface area contributed by atoms with Crippen LogP contribution in [0.4, 0.5) is 0 Å². The molecule has 12 heavy (non-hydrogen) atoms. The minimum Gasteiger partial charge on any atom is -0.480 e. The highest BCUT2D eigenvalue weighted by Crippen LogP contribution is 2.21. The molecule has 1 aliphatic carbocycles. The van der Waals surface area contributed by atoms with E-state index in [0.717, 1.165) is 0 Å². The Morgan fingerprint density at radius 3 is 2.92 bits per heavy atom. The van der Waals surface area contributed by atoms with Crippen molar-refractivity contribution in [3.05, 3.63) is 12.2 Å². The normalized spacial score (nSPS) is 36.0. The lowest BCUT2D eigenvalue weighted by Crippen LogP contribution is -2.49. The second kappa shape index (κ2) is 3.25. The fourth-order valence-corrected chi connectivity index (χ4v) is 1.33. The maximum Gasteiger partial charge on any atom is 0.323 e. The molecule has 0 aromatic carbocycles. The lowest BCUT2D eigenvalue weighted by Gasteiger charge is -2.23. The maximum absolute atomic E-state index is 10.7. The predicted octanol–water partition coefficient (Wildman–Crippen LogP) is -0.131.